The molecule has 3 nitrogen and oxygen atoms in total. The number of allylic oxidation sites excluding steroid dienone is 1. The van der Waals surface area contributed by atoms with E-state index in [2.05, 4.69) is 26.3 Å². The summed E-state index contributed by atoms with van der Waals surface area (Å²) >= 11 is 3.44. The number of aromatic nitrogens is 1. The van der Waals surface area contributed by atoms with Crippen LogP contribution in [0, 0.1) is 0 Å². The first-order valence-electron chi connectivity index (χ1n) is 4.36. The fourth-order valence-corrected chi connectivity index (χ4v) is 1.67. The molecule has 1 atom stereocenters. The normalized spacial score (nSPS) is 12.3. The summed E-state index contributed by atoms with van der Waals surface area (Å²) in [5.74, 6) is 5.47. The first-order chi connectivity index (χ1) is 6.65. The molecule has 0 aromatic carbocycles. The molecule has 1 rings (SSSR count). The Bertz CT molecular complexity index is 332. The third-order valence-electron chi connectivity index (χ3n) is 1.76. The van der Waals surface area contributed by atoms with Crippen molar-refractivity contribution in [2.45, 2.75) is 19.9 Å². The lowest BCUT2D eigenvalue weighted by molar-refractivity contribution is 0.632. The van der Waals surface area contributed by atoms with E-state index in [1.54, 1.807) is 6.20 Å². The molecule has 0 fully saturated rings. The van der Waals surface area contributed by atoms with Crippen molar-refractivity contribution in [3.63, 3.8) is 0 Å². The third-order valence-corrected chi connectivity index (χ3v) is 2.43. The van der Waals surface area contributed by atoms with Gasteiger partial charge in [-0.25, -0.2) is 5.43 Å². The molecule has 1 unspecified atom stereocenters. The first kappa shape index (κ1) is 11.4. The van der Waals surface area contributed by atoms with E-state index >= 15 is 0 Å². The molecule has 0 aliphatic rings. The number of nitrogens with zero attached hydrogens (tertiary/aromatic N) is 1. The van der Waals surface area contributed by atoms with Crippen molar-refractivity contribution in [1.29, 1.82) is 0 Å². The highest BCUT2D eigenvalue weighted by molar-refractivity contribution is 9.10. The zero-order valence-corrected chi connectivity index (χ0v) is 9.88. The van der Waals surface area contributed by atoms with Gasteiger partial charge in [0.15, 0.2) is 0 Å². The van der Waals surface area contributed by atoms with E-state index < -0.39 is 0 Å². The average Bonchev–Trinajstić information content (AvgIpc) is 2.15. The van der Waals surface area contributed by atoms with Gasteiger partial charge in [-0.2, -0.15) is 0 Å². The van der Waals surface area contributed by atoms with Gasteiger partial charge in [0.1, 0.15) is 0 Å². The Kier molecular flexibility index (Phi) is 4.25. The molecule has 0 amide bonds. The van der Waals surface area contributed by atoms with Crippen molar-refractivity contribution in [2.75, 3.05) is 0 Å². The smallest absolute Gasteiger partial charge is 0.0826 e. The predicted octanol–water partition coefficient (Wildman–Crippen LogP) is 2.31. The average molecular weight is 256 g/mol. The van der Waals surface area contributed by atoms with Gasteiger partial charge in [-0.15, -0.1) is 0 Å². The molecule has 0 radical (unpaired) electrons. The summed E-state index contributed by atoms with van der Waals surface area (Å²) in [5, 5.41) is 0. The van der Waals surface area contributed by atoms with Gasteiger partial charge in [0.05, 0.1) is 11.7 Å². The topological polar surface area (TPSA) is 50.9 Å². The molecule has 14 heavy (non-hydrogen) atoms. The Labute approximate surface area is 92.5 Å². The first-order valence-corrected chi connectivity index (χ1v) is 5.16. The van der Waals surface area contributed by atoms with Crippen molar-refractivity contribution >= 4 is 15.9 Å². The van der Waals surface area contributed by atoms with Crippen LogP contribution < -0.4 is 11.3 Å². The maximum Gasteiger partial charge on any atom is 0.0826 e. The SMILES string of the molecule is CC(C)=CC(NN)c1ncccc1Br. The number of hydrazine groups is 1. The Morgan fingerprint density at radius 2 is 2.36 bits per heavy atom. The second-order valence-corrected chi connectivity index (χ2v) is 4.11. The summed E-state index contributed by atoms with van der Waals surface area (Å²) in [7, 11) is 0. The molecule has 1 aromatic rings. The molecule has 0 aliphatic carbocycles. The fourth-order valence-electron chi connectivity index (χ4n) is 1.17. The minimum absolute atomic E-state index is 0.0458. The van der Waals surface area contributed by atoms with E-state index in [0.29, 0.717) is 0 Å². The summed E-state index contributed by atoms with van der Waals surface area (Å²) in [6, 6.07) is 3.78. The molecule has 0 spiro atoms. The molecule has 4 heteroatoms. The second kappa shape index (κ2) is 5.24. The largest absolute Gasteiger partial charge is 0.271 e. The molecular weight excluding hydrogens is 242 g/mol. The minimum atomic E-state index is -0.0458. The summed E-state index contributed by atoms with van der Waals surface area (Å²) in [6.45, 7) is 4.06. The van der Waals surface area contributed by atoms with Gasteiger partial charge in [0, 0.05) is 10.7 Å². The highest BCUT2D eigenvalue weighted by Gasteiger charge is 2.10. The summed E-state index contributed by atoms with van der Waals surface area (Å²) in [4.78, 5) is 4.27. The molecule has 1 heterocycles. The van der Waals surface area contributed by atoms with E-state index in [0.717, 1.165) is 10.2 Å². The quantitative estimate of drug-likeness (QED) is 0.495. The van der Waals surface area contributed by atoms with Crippen LogP contribution in [0.15, 0.2) is 34.5 Å². The maximum absolute atomic E-state index is 5.47. The summed E-state index contributed by atoms with van der Waals surface area (Å²) in [6.07, 6.45) is 3.79. The Hall–Kier alpha value is -0.710. The highest BCUT2D eigenvalue weighted by Crippen LogP contribution is 2.21. The van der Waals surface area contributed by atoms with E-state index in [4.69, 9.17) is 5.84 Å². The number of hydrogen-bond acceptors (Lipinski definition) is 3. The zero-order chi connectivity index (χ0) is 10.6. The number of hydrogen-bond donors (Lipinski definition) is 2. The minimum Gasteiger partial charge on any atom is -0.271 e. The molecule has 1 aromatic heterocycles. The van der Waals surface area contributed by atoms with Gasteiger partial charge in [-0.1, -0.05) is 11.6 Å². The third kappa shape index (κ3) is 2.90. The van der Waals surface area contributed by atoms with Gasteiger partial charge in [0.25, 0.3) is 0 Å². The second-order valence-electron chi connectivity index (χ2n) is 3.26. The lowest BCUT2D eigenvalue weighted by Gasteiger charge is -2.12. The number of pyridine rings is 1. The fraction of sp³-hybridized carbons (Fsp3) is 0.300. The van der Waals surface area contributed by atoms with Crippen LogP contribution >= 0.6 is 15.9 Å². The van der Waals surface area contributed by atoms with Crippen molar-refractivity contribution in [3.8, 4) is 0 Å². The summed E-state index contributed by atoms with van der Waals surface area (Å²) < 4.78 is 0.959. The molecule has 0 saturated heterocycles. The van der Waals surface area contributed by atoms with E-state index in [1.807, 2.05) is 32.1 Å². The highest BCUT2D eigenvalue weighted by atomic mass is 79.9. The standard InChI is InChI=1S/C10H14BrN3/c1-7(2)6-9(14-12)10-8(11)4-3-5-13-10/h3-6,9,14H,12H2,1-2H3. The van der Waals surface area contributed by atoms with Crippen molar-refractivity contribution in [2.24, 2.45) is 5.84 Å². The van der Waals surface area contributed by atoms with E-state index in [9.17, 15) is 0 Å². The van der Waals surface area contributed by atoms with Crippen LogP contribution in [-0.2, 0) is 0 Å². The molecule has 0 aliphatic heterocycles. The Balaban J connectivity index is 3.01. The van der Waals surface area contributed by atoms with Gasteiger partial charge >= 0.3 is 0 Å². The lowest BCUT2D eigenvalue weighted by Crippen LogP contribution is -2.27. The van der Waals surface area contributed by atoms with Crippen LogP contribution in [0.3, 0.4) is 0 Å². The van der Waals surface area contributed by atoms with Crippen LogP contribution in [0.1, 0.15) is 25.6 Å². The molecule has 76 valence electrons. The Morgan fingerprint density at radius 1 is 1.64 bits per heavy atom. The van der Waals surface area contributed by atoms with Crippen molar-refractivity contribution in [3.05, 3.63) is 40.1 Å². The van der Waals surface area contributed by atoms with Crippen molar-refractivity contribution < 1.29 is 0 Å². The Morgan fingerprint density at radius 3 is 2.86 bits per heavy atom. The maximum atomic E-state index is 5.47. The van der Waals surface area contributed by atoms with Crippen LogP contribution in [0.2, 0.25) is 0 Å². The monoisotopic (exact) mass is 255 g/mol. The van der Waals surface area contributed by atoms with E-state index in [1.165, 1.54) is 5.57 Å². The summed E-state index contributed by atoms with van der Waals surface area (Å²) in [5.41, 5.74) is 4.82. The number of nitrogens with two attached hydrogens (primary N) is 1. The van der Waals surface area contributed by atoms with Crippen LogP contribution in [0.4, 0.5) is 0 Å². The van der Waals surface area contributed by atoms with Gasteiger partial charge in [-0.3, -0.25) is 10.8 Å². The predicted molar refractivity (Wildman–Crippen MR) is 61.4 cm³/mol. The number of nitrogens with one attached hydrogen (secondary N) is 1. The molecule has 0 saturated carbocycles. The van der Waals surface area contributed by atoms with Gasteiger partial charge < -0.3 is 0 Å². The van der Waals surface area contributed by atoms with Crippen LogP contribution in [-0.4, -0.2) is 4.98 Å². The molecule has 3 N–H and O–H groups in total. The van der Waals surface area contributed by atoms with Crippen molar-refractivity contribution in [1.82, 2.24) is 10.4 Å². The van der Waals surface area contributed by atoms with Crippen LogP contribution in [0.5, 0.6) is 0 Å². The van der Waals surface area contributed by atoms with E-state index in [-0.39, 0.29) is 6.04 Å². The number of rotatable bonds is 3. The molecule has 0 bridgehead atoms. The lowest BCUT2D eigenvalue weighted by atomic mass is 10.1. The zero-order valence-electron chi connectivity index (χ0n) is 8.29. The molecular formula is C10H14BrN3. The van der Waals surface area contributed by atoms with Gasteiger partial charge in [-0.05, 0) is 41.9 Å². The van der Waals surface area contributed by atoms with Crippen LogP contribution in [0.25, 0.3) is 0 Å². The van der Waals surface area contributed by atoms with Gasteiger partial charge in [0.2, 0.25) is 0 Å². The number of halogens is 1.